The van der Waals surface area contributed by atoms with E-state index in [1.807, 2.05) is 30.3 Å². The molecule has 1 fully saturated rings. The van der Waals surface area contributed by atoms with E-state index in [4.69, 9.17) is 4.74 Å². The molecule has 0 spiro atoms. The third-order valence-corrected chi connectivity index (χ3v) is 5.44. The first-order chi connectivity index (χ1) is 14.4. The van der Waals surface area contributed by atoms with Crippen molar-refractivity contribution in [2.24, 2.45) is 0 Å². The molecule has 1 aromatic heterocycles. The second-order valence-electron chi connectivity index (χ2n) is 7.54. The summed E-state index contributed by atoms with van der Waals surface area (Å²) >= 11 is 0. The van der Waals surface area contributed by atoms with E-state index in [9.17, 15) is 18.0 Å². The van der Waals surface area contributed by atoms with Crippen LogP contribution in [0.4, 0.5) is 13.2 Å². The van der Waals surface area contributed by atoms with Gasteiger partial charge in [-0.25, -0.2) is 9.48 Å². The fraction of sp³-hybridized carbons (Fsp3) is 0.381. The normalized spacial score (nSPS) is 19.7. The third-order valence-electron chi connectivity index (χ3n) is 5.44. The highest BCUT2D eigenvalue weighted by Crippen LogP contribution is 2.31. The number of aromatic nitrogens is 3. The summed E-state index contributed by atoms with van der Waals surface area (Å²) in [4.78, 5) is 13.3. The number of benzene rings is 2. The molecule has 0 radical (unpaired) electrons. The molecule has 0 atom stereocenters. The minimum atomic E-state index is -4.40. The Morgan fingerprint density at radius 2 is 1.87 bits per heavy atom. The van der Waals surface area contributed by atoms with Crippen molar-refractivity contribution in [1.82, 2.24) is 15.0 Å². The molecule has 0 aliphatic carbocycles. The number of rotatable bonds is 5. The molecule has 2 aromatic carbocycles. The highest BCUT2D eigenvalue weighted by Gasteiger charge is 2.32. The molecule has 9 heteroatoms. The van der Waals surface area contributed by atoms with Crippen molar-refractivity contribution in [2.75, 3.05) is 19.6 Å². The van der Waals surface area contributed by atoms with Gasteiger partial charge in [-0.2, -0.15) is 13.2 Å². The summed E-state index contributed by atoms with van der Waals surface area (Å²) in [6.07, 6.45) is -2.87. The topological polar surface area (TPSA) is 61.5 Å². The van der Waals surface area contributed by atoms with E-state index in [0.29, 0.717) is 12.1 Å². The van der Waals surface area contributed by atoms with E-state index < -0.39 is 11.7 Å². The van der Waals surface area contributed by atoms with E-state index in [2.05, 4.69) is 10.3 Å². The number of nitrogens with zero attached hydrogens (tertiary/aromatic N) is 3. The fourth-order valence-corrected chi connectivity index (χ4v) is 3.81. The largest absolute Gasteiger partial charge is 0.457 e. The number of hydrogen-bond donors (Lipinski definition) is 1. The minimum Gasteiger partial charge on any atom is -0.457 e. The first-order valence-electron chi connectivity index (χ1n) is 9.85. The lowest BCUT2D eigenvalue weighted by Crippen LogP contribution is -3.14. The van der Waals surface area contributed by atoms with Crippen molar-refractivity contribution in [1.29, 1.82) is 0 Å². The van der Waals surface area contributed by atoms with Crippen molar-refractivity contribution in [3.63, 3.8) is 0 Å². The van der Waals surface area contributed by atoms with Crippen molar-refractivity contribution in [2.45, 2.75) is 31.7 Å². The van der Waals surface area contributed by atoms with Gasteiger partial charge in [0.1, 0.15) is 12.1 Å². The Hall–Kier alpha value is -2.94. The van der Waals surface area contributed by atoms with E-state index in [0.717, 1.165) is 48.5 Å². The molecule has 3 aromatic rings. The number of ether oxygens (including phenoxy) is 1. The molecular formula is C21H22F3N4O2+. The molecule has 4 rings (SSSR count). The van der Waals surface area contributed by atoms with Crippen LogP contribution in [-0.2, 0) is 22.3 Å². The maximum absolute atomic E-state index is 12.9. The van der Waals surface area contributed by atoms with Crippen LogP contribution in [-0.4, -0.2) is 40.6 Å². The lowest BCUT2D eigenvalue weighted by molar-refractivity contribution is -0.898. The zero-order valence-corrected chi connectivity index (χ0v) is 16.2. The molecule has 158 valence electrons. The molecule has 0 saturated carbocycles. The first kappa shape index (κ1) is 20.3. The van der Waals surface area contributed by atoms with E-state index in [-0.39, 0.29) is 24.1 Å². The van der Waals surface area contributed by atoms with Crippen LogP contribution < -0.4 is 4.90 Å². The molecular weight excluding hydrogens is 397 g/mol. The number of likely N-dealkylation sites (tertiary alicyclic amines) is 1. The smallest absolute Gasteiger partial charge is 0.416 e. The van der Waals surface area contributed by atoms with Gasteiger partial charge >= 0.3 is 12.1 Å². The van der Waals surface area contributed by atoms with E-state index in [1.165, 1.54) is 6.07 Å². The lowest BCUT2D eigenvalue weighted by atomic mass is 10.0. The highest BCUT2D eigenvalue weighted by molar-refractivity contribution is 5.75. The van der Waals surface area contributed by atoms with Crippen LogP contribution in [0.1, 0.15) is 30.0 Å². The van der Waals surface area contributed by atoms with Crippen LogP contribution in [0.15, 0.2) is 48.5 Å². The Kier molecular flexibility index (Phi) is 5.72. The maximum atomic E-state index is 12.9. The molecule has 2 heterocycles. The quantitative estimate of drug-likeness (QED) is 0.646. The number of carbonyl (C=O) groups is 1. The van der Waals surface area contributed by atoms with Crippen LogP contribution in [0, 0.1) is 0 Å². The Morgan fingerprint density at radius 3 is 2.57 bits per heavy atom. The molecule has 1 saturated heterocycles. The van der Waals surface area contributed by atoms with Gasteiger partial charge in [0.25, 0.3) is 0 Å². The van der Waals surface area contributed by atoms with Crippen molar-refractivity contribution in [3.8, 4) is 0 Å². The summed E-state index contributed by atoms with van der Waals surface area (Å²) in [5.41, 5.74) is 1.06. The summed E-state index contributed by atoms with van der Waals surface area (Å²) in [5.74, 6) is -0.238. The van der Waals surface area contributed by atoms with Gasteiger partial charge in [0, 0.05) is 12.8 Å². The van der Waals surface area contributed by atoms with Crippen LogP contribution in [0.5, 0.6) is 0 Å². The Morgan fingerprint density at radius 1 is 1.13 bits per heavy atom. The van der Waals surface area contributed by atoms with Gasteiger partial charge in [0.05, 0.1) is 30.2 Å². The number of fused-ring (bicyclic) bond motifs is 1. The molecule has 0 bridgehead atoms. The molecule has 0 amide bonds. The summed E-state index contributed by atoms with van der Waals surface area (Å²) in [6, 6.07) is 13.1. The van der Waals surface area contributed by atoms with Gasteiger partial charge in [-0.3, -0.25) is 0 Å². The first-order valence-corrected chi connectivity index (χ1v) is 9.85. The van der Waals surface area contributed by atoms with Gasteiger partial charge in [0.2, 0.25) is 0 Å². The molecule has 30 heavy (non-hydrogen) atoms. The van der Waals surface area contributed by atoms with E-state index >= 15 is 0 Å². The monoisotopic (exact) mass is 419 g/mol. The fourth-order valence-electron chi connectivity index (χ4n) is 3.81. The lowest BCUT2D eigenvalue weighted by Gasteiger charge is -2.28. The number of esters is 1. The number of alkyl halides is 3. The van der Waals surface area contributed by atoms with Crippen LogP contribution in [0.3, 0.4) is 0 Å². The number of quaternary nitrogens is 1. The van der Waals surface area contributed by atoms with Gasteiger partial charge in [-0.05, 0) is 23.8 Å². The zero-order chi connectivity index (χ0) is 21.1. The predicted octanol–water partition coefficient (Wildman–Crippen LogP) is 2.41. The highest BCUT2D eigenvalue weighted by atomic mass is 19.4. The summed E-state index contributed by atoms with van der Waals surface area (Å²) in [6.45, 7) is 2.08. The summed E-state index contributed by atoms with van der Waals surface area (Å²) < 4.78 is 45.7. The molecule has 0 unspecified atom stereocenters. The van der Waals surface area contributed by atoms with Crippen molar-refractivity contribution < 1.29 is 27.6 Å². The summed E-state index contributed by atoms with van der Waals surface area (Å²) in [5, 5.41) is 8.01. The van der Waals surface area contributed by atoms with Gasteiger partial charge in [-0.1, -0.05) is 35.5 Å². The van der Waals surface area contributed by atoms with Crippen LogP contribution in [0.25, 0.3) is 11.0 Å². The molecule has 6 nitrogen and oxygen atoms in total. The average Bonchev–Trinajstić information content (AvgIpc) is 3.16. The van der Waals surface area contributed by atoms with E-state index in [1.54, 1.807) is 4.68 Å². The number of piperidine rings is 1. The Bertz CT molecular complexity index is 1010. The van der Waals surface area contributed by atoms with Gasteiger partial charge < -0.3 is 9.64 Å². The number of halogens is 3. The molecule has 1 aliphatic heterocycles. The van der Waals surface area contributed by atoms with Crippen molar-refractivity contribution in [3.05, 3.63) is 59.7 Å². The Balaban J connectivity index is 1.31. The zero-order valence-electron chi connectivity index (χ0n) is 16.2. The summed E-state index contributed by atoms with van der Waals surface area (Å²) in [7, 11) is 0. The van der Waals surface area contributed by atoms with Crippen LogP contribution in [0.2, 0.25) is 0 Å². The molecule has 1 N–H and O–H groups in total. The second-order valence-corrected chi connectivity index (χ2v) is 7.54. The average molecular weight is 419 g/mol. The van der Waals surface area contributed by atoms with Crippen molar-refractivity contribution >= 4 is 17.0 Å². The standard InChI is InChI=1S/C21H21F3N4O2/c22-21(23,24)16-6-7-19-18(12-16)25-26-28(19)17-8-10-27(11-9-17)13-20(29)30-14-15-4-2-1-3-5-15/h1-7,12,17H,8-11,13-14H2/p+1. The number of carbonyl (C=O) groups excluding carboxylic acids is 1. The second kappa shape index (κ2) is 8.43. The maximum Gasteiger partial charge on any atom is 0.416 e. The Labute approximate surface area is 171 Å². The SMILES string of the molecule is O=C(C[NH+]1CCC(n2nnc3cc(C(F)(F)F)ccc32)CC1)OCc1ccccc1. The number of nitrogens with one attached hydrogen (secondary N) is 1. The van der Waals surface area contributed by atoms with Gasteiger partial charge in [0.15, 0.2) is 6.54 Å². The van der Waals surface area contributed by atoms with Gasteiger partial charge in [-0.15, -0.1) is 5.10 Å². The minimum absolute atomic E-state index is 0.0517. The van der Waals surface area contributed by atoms with Crippen LogP contribution >= 0.6 is 0 Å². The predicted molar refractivity (Wildman–Crippen MR) is 103 cm³/mol. The number of hydrogen-bond acceptors (Lipinski definition) is 4. The molecule has 1 aliphatic rings. The third kappa shape index (κ3) is 4.62.